The normalized spacial score (nSPS) is 20.8. The van der Waals surface area contributed by atoms with E-state index in [2.05, 4.69) is 22.9 Å². The first-order chi connectivity index (χ1) is 6.83. The van der Waals surface area contributed by atoms with Crippen LogP contribution in [0.3, 0.4) is 0 Å². The monoisotopic (exact) mass is 199 g/mol. The molecule has 1 unspecified atom stereocenters. The average molecular weight is 199 g/mol. The maximum absolute atomic E-state index is 11.2. The van der Waals surface area contributed by atoms with Crippen LogP contribution < -0.4 is 16.0 Å². The number of rotatable bonds is 5. The summed E-state index contributed by atoms with van der Waals surface area (Å²) in [4.78, 5) is 11.2. The van der Waals surface area contributed by atoms with Gasteiger partial charge in [0.1, 0.15) is 0 Å². The highest BCUT2D eigenvalue weighted by atomic mass is 16.2. The standard InChI is InChI=1S/C10H21N3O/c1-2-3-6-12-10(14)13-8-9-5-4-7-11-9/h9,11H,2-8H2,1H3,(H2,12,13,14). The van der Waals surface area contributed by atoms with Gasteiger partial charge in [0.15, 0.2) is 0 Å². The third kappa shape index (κ3) is 4.46. The van der Waals surface area contributed by atoms with Crippen LogP contribution in [-0.2, 0) is 0 Å². The van der Waals surface area contributed by atoms with Crippen molar-refractivity contribution in [1.29, 1.82) is 0 Å². The zero-order valence-electron chi connectivity index (χ0n) is 8.94. The fourth-order valence-corrected chi connectivity index (χ4v) is 1.59. The van der Waals surface area contributed by atoms with Crippen LogP contribution in [0, 0.1) is 0 Å². The summed E-state index contributed by atoms with van der Waals surface area (Å²) in [5.41, 5.74) is 0. The Labute approximate surface area is 85.8 Å². The molecule has 1 atom stereocenters. The van der Waals surface area contributed by atoms with Crippen LogP contribution in [0.1, 0.15) is 32.6 Å². The van der Waals surface area contributed by atoms with Crippen molar-refractivity contribution in [2.45, 2.75) is 38.6 Å². The third-order valence-corrected chi connectivity index (χ3v) is 2.49. The first-order valence-electron chi connectivity index (χ1n) is 5.58. The topological polar surface area (TPSA) is 53.2 Å². The van der Waals surface area contributed by atoms with Crippen molar-refractivity contribution in [2.24, 2.45) is 0 Å². The summed E-state index contributed by atoms with van der Waals surface area (Å²) in [6.45, 7) is 4.73. The molecular formula is C10H21N3O. The molecule has 1 heterocycles. The highest BCUT2D eigenvalue weighted by molar-refractivity contribution is 5.73. The molecular weight excluding hydrogens is 178 g/mol. The van der Waals surface area contributed by atoms with Gasteiger partial charge in [-0.1, -0.05) is 13.3 Å². The fourth-order valence-electron chi connectivity index (χ4n) is 1.59. The van der Waals surface area contributed by atoms with Crippen molar-refractivity contribution in [3.05, 3.63) is 0 Å². The molecule has 3 N–H and O–H groups in total. The molecule has 0 aromatic heterocycles. The lowest BCUT2D eigenvalue weighted by Gasteiger charge is -2.11. The van der Waals surface area contributed by atoms with Crippen molar-refractivity contribution < 1.29 is 4.79 Å². The van der Waals surface area contributed by atoms with Gasteiger partial charge in [-0.3, -0.25) is 0 Å². The number of carbonyl (C=O) groups is 1. The number of amides is 2. The van der Waals surface area contributed by atoms with Gasteiger partial charge in [0, 0.05) is 19.1 Å². The van der Waals surface area contributed by atoms with Crippen LogP contribution in [-0.4, -0.2) is 31.7 Å². The SMILES string of the molecule is CCCCNC(=O)NCC1CCCN1. The van der Waals surface area contributed by atoms with Crippen LogP contribution in [0.4, 0.5) is 4.79 Å². The van der Waals surface area contributed by atoms with Gasteiger partial charge in [-0.25, -0.2) is 4.79 Å². The molecule has 4 nitrogen and oxygen atoms in total. The van der Waals surface area contributed by atoms with Gasteiger partial charge >= 0.3 is 6.03 Å². The van der Waals surface area contributed by atoms with Gasteiger partial charge < -0.3 is 16.0 Å². The van der Waals surface area contributed by atoms with Crippen molar-refractivity contribution in [1.82, 2.24) is 16.0 Å². The molecule has 1 fully saturated rings. The summed E-state index contributed by atoms with van der Waals surface area (Å²) in [6, 6.07) is 0.444. The molecule has 1 rings (SSSR count). The Bertz CT molecular complexity index is 167. The van der Waals surface area contributed by atoms with E-state index in [0.717, 1.165) is 32.5 Å². The molecule has 0 aromatic rings. The first kappa shape index (κ1) is 11.3. The second-order valence-electron chi connectivity index (χ2n) is 3.78. The van der Waals surface area contributed by atoms with Gasteiger partial charge in [-0.15, -0.1) is 0 Å². The van der Waals surface area contributed by atoms with Crippen molar-refractivity contribution in [3.8, 4) is 0 Å². The Morgan fingerprint density at radius 2 is 2.36 bits per heavy atom. The van der Waals surface area contributed by atoms with E-state index >= 15 is 0 Å². The molecule has 0 spiro atoms. The van der Waals surface area contributed by atoms with E-state index in [9.17, 15) is 4.79 Å². The Kier molecular flexibility index (Phi) is 5.37. The molecule has 4 heteroatoms. The van der Waals surface area contributed by atoms with E-state index in [-0.39, 0.29) is 6.03 Å². The molecule has 0 bridgehead atoms. The summed E-state index contributed by atoms with van der Waals surface area (Å²) < 4.78 is 0. The minimum absolute atomic E-state index is 0.0350. The number of carbonyl (C=O) groups excluding carboxylic acids is 1. The van der Waals surface area contributed by atoms with E-state index < -0.39 is 0 Å². The predicted molar refractivity (Wildman–Crippen MR) is 57.3 cm³/mol. The number of urea groups is 1. The van der Waals surface area contributed by atoms with Gasteiger partial charge in [-0.05, 0) is 25.8 Å². The summed E-state index contributed by atoms with van der Waals surface area (Å²) in [7, 11) is 0. The second-order valence-corrected chi connectivity index (χ2v) is 3.78. The smallest absolute Gasteiger partial charge is 0.314 e. The van der Waals surface area contributed by atoms with Crippen LogP contribution in [0.5, 0.6) is 0 Å². The minimum atomic E-state index is -0.0350. The van der Waals surface area contributed by atoms with E-state index in [1.54, 1.807) is 0 Å². The Morgan fingerprint density at radius 3 is 3.00 bits per heavy atom. The van der Waals surface area contributed by atoms with Gasteiger partial charge in [0.25, 0.3) is 0 Å². The molecule has 0 aromatic carbocycles. The van der Waals surface area contributed by atoms with Crippen molar-refractivity contribution in [3.63, 3.8) is 0 Å². The number of nitrogens with one attached hydrogen (secondary N) is 3. The Morgan fingerprint density at radius 1 is 1.50 bits per heavy atom. The quantitative estimate of drug-likeness (QED) is 0.575. The van der Waals surface area contributed by atoms with Crippen LogP contribution in [0.25, 0.3) is 0 Å². The lowest BCUT2D eigenvalue weighted by Crippen LogP contribution is -2.42. The Hall–Kier alpha value is -0.770. The molecule has 0 radical (unpaired) electrons. The van der Waals surface area contributed by atoms with Crippen LogP contribution in [0.2, 0.25) is 0 Å². The zero-order valence-corrected chi connectivity index (χ0v) is 8.94. The fraction of sp³-hybridized carbons (Fsp3) is 0.900. The predicted octanol–water partition coefficient (Wildman–Crippen LogP) is 0.838. The molecule has 1 aliphatic rings. The first-order valence-corrected chi connectivity index (χ1v) is 5.58. The lowest BCUT2D eigenvalue weighted by atomic mass is 10.2. The van der Waals surface area contributed by atoms with Crippen LogP contribution >= 0.6 is 0 Å². The molecule has 14 heavy (non-hydrogen) atoms. The maximum atomic E-state index is 11.2. The highest BCUT2D eigenvalue weighted by Gasteiger charge is 2.13. The second kappa shape index (κ2) is 6.65. The summed E-state index contributed by atoms with van der Waals surface area (Å²) in [5, 5.41) is 9.04. The van der Waals surface area contributed by atoms with Crippen LogP contribution in [0.15, 0.2) is 0 Å². The van der Waals surface area contributed by atoms with E-state index in [1.165, 1.54) is 12.8 Å². The maximum Gasteiger partial charge on any atom is 0.314 e. The summed E-state index contributed by atoms with van der Waals surface area (Å²) in [5.74, 6) is 0. The number of unbranched alkanes of at least 4 members (excludes halogenated alkanes) is 1. The zero-order chi connectivity index (χ0) is 10.2. The van der Waals surface area contributed by atoms with E-state index in [0.29, 0.717) is 6.04 Å². The molecule has 2 amide bonds. The summed E-state index contributed by atoms with van der Waals surface area (Å²) in [6.07, 6.45) is 4.57. The lowest BCUT2D eigenvalue weighted by molar-refractivity contribution is 0.239. The molecule has 1 aliphatic heterocycles. The number of hydrogen-bond acceptors (Lipinski definition) is 2. The average Bonchev–Trinajstić information content (AvgIpc) is 2.68. The number of hydrogen-bond donors (Lipinski definition) is 3. The largest absolute Gasteiger partial charge is 0.338 e. The van der Waals surface area contributed by atoms with E-state index in [1.807, 2.05) is 0 Å². The third-order valence-electron chi connectivity index (χ3n) is 2.49. The van der Waals surface area contributed by atoms with Gasteiger partial charge in [0.2, 0.25) is 0 Å². The molecule has 82 valence electrons. The van der Waals surface area contributed by atoms with Crippen molar-refractivity contribution >= 4 is 6.03 Å². The van der Waals surface area contributed by atoms with Gasteiger partial charge in [-0.2, -0.15) is 0 Å². The van der Waals surface area contributed by atoms with Gasteiger partial charge in [0.05, 0.1) is 0 Å². The Balaban J connectivity index is 1.96. The molecule has 0 aliphatic carbocycles. The molecule has 1 saturated heterocycles. The van der Waals surface area contributed by atoms with E-state index in [4.69, 9.17) is 0 Å². The summed E-state index contributed by atoms with van der Waals surface area (Å²) >= 11 is 0. The highest BCUT2D eigenvalue weighted by Crippen LogP contribution is 2.02. The minimum Gasteiger partial charge on any atom is -0.338 e. The molecule has 0 saturated carbocycles. The van der Waals surface area contributed by atoms with Crippen molar-refractivity contribution in [2.75, 3.05) is 19.6 Å².